The summed E-state index contributed by atoms with van der Waals surface area (Å²) in [5.41, 5.74) is 0.383. The van der Waals surface area contributed by atoms with E-state index in [-0.39, 0.29) is 17.8 Å². The second-order valence-corrected chi connectivity index (χ2v) is 8.01. The Morgan fingerprint density at radius 3 is 2.77 bits per heavy atom. The van der Waals surface area contributed by atoms with Gasteiger partial charge in [0, 0.05) is 13.1 Å². The molecule has 1 saturated heterocycles. The SMILES string of the molecule is COc1ccccc1C(=O)NC(CCSC)C(=O)Nc1nc(N2CCCCC2)n[nH]1. The van der Waals surface area contributed by atoms with Gasteiger partial charge < -0.3 is 15.0 Å². The molecule has 1 aliphatic heterocycles. The molecule has 10 heteroatoms. The Bertz CT molecular complexity index is 853. The van der Waals surface area contributed by atoms with E-state index in [9.17, 15) is 9.59 Å². The van der Waals surface area contributed by atoms with Gasteiger partial charge in [-0.05, 0) is 49.8 Å². The summed E-state index contributed by atoms with van der Waals surface area (Å²) in [6.07, 6.45) is 5.89. The van der Waals surface area contributed by atoms with Gasteiger partial charge in [-0.25, -0.2) is 5.10 Å². The largest absolute Gasteiger partial charge is 0.496 e. The summed E-state index contributed by atoms with van der Waals surface area (Å²) >= 11 is 1.61. The third-order valence-electron chi connectivity index (χ3n) is 4.94. The van der Waals surface area contributed by atoms with Gasteiger partial charge in [-0.15, -0.1) is 5.10 Å². The Morgan fingerprint density at radius 1 is 1.27 bits per heavy atom. The van der Waals surface area contributed by atoms with Gasteiger partial charge in [-0.2, -0.15) is 16.7 Å². The van der Waals surface area contributed by atoms with E-state index in [1.165, 1.54) is 13.5 Å². The molecule has 1 unspecified atom stereocenters. The van der Waals surface area contributed by atoms with Gasteiger partial charge in [0.15, 0.2) is 0 Å². The highest BCUT2D eigenvalue weighted by Crippen LogP contribution is 2.18. The van der Waals surface area contributed by atoms with Crippen molar-refractivity contribution in [2.24, 2.45) is 0 Å². The molecule has 0 saturated carbocycles. The minimum absolute atomic E-state index is 0.279. The van der Waals surface area contributed by atoms with E-state index in [2.05, 4.69) is 30.7 Å². The zero-order valence-electron chi connectivity index (χ0n) is 17.3. The number of ether oxygens (including phenoxy) is 1. The molecule has 0 spiro atoms. The van der Waals surface area contributed by atoms with Crippen molar-refractivity contribution >= 4 is 35.5 Å². The third-order valence-corrected chi connectivity index (χ3v) is 5.58. The Morgan fingerprint density at radius 2 is 2.03 bits per heavy atom. The number of anilines is 2. The molecular formula is C20H28N6O3S. The summed E-state index contributed by atoms with van der Waals surface area (Å²) in [5.74, 6) is 1.35. The van der Waals surface area contributed by atoms with Crippen LogP contribution in [0.2, 0.25) is 0 Å². The maximum absolute atomic E-state index is 12.9. The number of nitrogens with one attached hydrogen (secondary N) is 3. The van der Waals surface area contributed by atoms with Crippen molar-refractivity contribution in [1.29, 1.82) is 0 Å². The highest BCUT2D eigenvalue weighted by atomic mass is 32.2. The summed E-state index contributed by atoms with van der Waals surface area (Å²) in [4.78, 5) is 32.1. The predicted octanol–water partition coefficient (Wildman–Crippen LogP) is 2.29. The highest BCUT2D eigenvalue weighted by molar-refractivity contribution is 7.98. The summed E-state index contributed by atoms with van der Waals surface area (Å²) in [7, 11) is 1.51. The lowest BCUT2D eigenvalue weighted by atomic mass is 10.1. The second-order valence-electron chi connectivity index (χ2n) is 7.03. The molecule has 1 aromatic heterocycles. The quantitative estimate of drug-likeness (QED) is 0.557. The van der Waals surface area contributed by atoms with Crippen LogP contribution in [0, 0.1) is 0 Å². The van der Waals surface area contributed by atoms with Crippen LogP contribution in [0.15, 0.2) is 24.3 Å². The first-order chi connectivity index (χ1) is 14.6. The van der Waals surface area contributed by atoms with Gasteiger partial charge in [0.05, 0.1) is 12.7 Å². The molecule has 162 valence electrons. The van der Waals surface area contributed by atoms with Gasteiger partial charge in [-0.3, -0.25) is 14.9 Å². The standard InChI is InChI=1S/C20H28N6O3S/c1-29-16-9-5-4-8-14(16)17(27)21-15(10-13-30-2)18(28)22-19-23-20(25-24-19)26-11-6-3-7-12-26/h4-5,8-9,15H,3,6-7,10-13H2,1-2H3,(H,21,27)(H2,22,23,24,25,28). The molecule has 0 aliphatic carbocycles. The number of piperidine rings is 1. The first-order valence-electron chi connectivity index (χ1n) is 10.0. The van der Waals surface area contributed by atoms with Crippen molar-refractivity contribution in [3.05, 3.63) is 29.8 Å². The number of hydrogen-bond acceptors (Lipinski definition) is 7. The van der Waals surface area contributed by atoms with Crippen LogP contribution >= 0.6 is 11.8 Å². The Labute approximate surface area is 180 Å². The number of amides is 2. The molecule has 1 atom stereocenters. The van der Waals surface area contributed by atoms with Crippen molar-refractivity contribution in [3.63, 3.8) is 0 Å². The molecule has 2 aromatic rings. The van der Waals surface area contributed by atoms with E-state index in [4.69, 9.17) is 4.74 Å². The molecule has 1 fully saturated rings. The average Bonchev–Trinajstić information content (AvgIpc) is 3.25. The normalized spacial score (nSPS) is 14.8. The zero-order valence-corrected chi connectivity index (χ0v) is 18.1. The summed E-state index contributed by atoms with van der Waals surface area (Å²) in [6.45, 7) is 1.83. The second kappa shape index (κ2) is 10.9. The Hall–Kier alpha value is -2.75. The molecule has 0 bridgehead atoms. The summed E-state index contributed by atoms with van der Waals surface area (Å²) in [6, 6.07) is 6.21. The molecule has 30 heavy (non-hydrogen) atoms. The summed E-state index contributed by atoms with van der Waals surface area (Å²) < 4.78 is 5.25. The lowest BCUT2D eigenvalue weighted by molar-refractivity contribution is -0.118. The van der Waals surface area contributed by atoms with Gasteiger partial charge >= 0.3 is 0 Å². The number of H-pyrrole nitrogens is 1. The Balaban J connectivity index is 1.66. The lowest BCUT2D eigenvalue weighted by Crippen LogP contribution is -2.44. The van der Waals surface area contributed by atoms with Crippen molar-refractivity contribution in [2.45, 2.75) is 31.7 Å². The first kappa shape index (κ1) is 21.9. The van der Waals surface area contributed by atoms with Crippen LogP contribution in [0.5, 0.6) is 5.75 Å². The van der Waals surface area contributed by atoms with E-state index in [1.807, 2.05) is 6.26 Å². The molecule has 1 aliphatic rings. The van der Waals surface area contributed by atoms with Crippen LogP contribution < -0.4 is 20.3 Å². The van der Waals surface area contributed by atoms with E-state index in [1.54, 1.807) is 36.0 Å². The smallest absolute Gasteiger partial charge is 0.255 e. The summed E-state index contributed by atoms with van der Waals surface area (Å²) in [5, 5.41) is 12.6. The minimum atomic E-state index is -0.710. The third kappa shape index (κ3) is 5.65. The van der Waals surface area contributed by atoms with Gasteiger partial charge in [0.25, 0.3) is 5.91 Å². The number of hydrogen-bond donors (Lipinski definition) is 3. The molecule has 0 radical (unpaired) electrons. The maximum atomic E-state index is 12.9. The molecular weight excluding hydrogens is 404 g/mol. The number of benzene rings is 1. The molecule has 2 amide bonds. The van der Waals surface area contributed by atoms with Gasteiger partial charge in [0.2, 0.25) is 17.8 Å². The van der Waals surface area contributed by atoms with Crippen molar-refractivity contribution in [1.82, 2.24) is 20.5 Å². The van der Waals surface area contributed by atoms with Crippen LogP contribution in [0.1, 0.15) is 36.0 Å². The van der Waals surface area contributed by atoms with Crippen LogP contribution in [0.4, 0.5) is 11.9 Å². The van der Waals surface area contributed by atoms with E-state index >= 15 is 0 Å². The average molecular weight is 433 g/mol. The number of carbonyl (C=O) groups excluding carboxylic acids is 2. The first-order valence-corrected chi connectivity index (χ1v) is 11.4. The Kier molecular flexibility index (Phi) is 7.95. The van der Waals surface area contributed by atoms with E-state index < -0.39 is 6.04 Å². The monoisotopic (exact) mass is 432 g/mol. The predicted molar refractivity (Wildman–Crippen MR) is 118 cm³/mol. The number of para-hydroxylation sites is 1. The number of aromatic amines is 1. The lowest BCUT2D eigenvalue weighted by Gasteiger charge is -2.24. The van der Waals surface area contributed by atoms with E-state index in [0.29, 0.717) is 23.7 Å². The van der Waals surface area contributed by atoms with Crippen LogP contribution in [0.3, 0.4) is 0 Å². The van der Waals surface area contributed by atoms with Crippen LogP contribution in [0.25, 0.3) is 0 Å². The molecule has 9 nitrogen and oxygen atoms in total. The van der Waals surface area contributed by atoms with Crippen LogP contribution in [-0.4, -0.2) is 65.2 Å². The molecule has 3 N–H and O–H groups in total. The fraction of sp³-hybridized carbons (Fsp3) is 0.500. The minimum Gasteiger partial charge on any atom is -0.496 e. The number of aromatic nitrogens is 3. The fourth-order valence-electron chi connectivity index (χ4n) is 3.32. The maximum Gasteiger partial charge on any atom is 0.255 e. The van der Waals surface area contributed by atoms with Crippen molar-refractivity contribution in [2.75, 3.05) is 42.4 Å². The molecule has 3 rings (SSSR count). The highest BCUT2D eigenvalue weighted by Gasteiger charge is 2.24. The number of carbonyl (C=O) groups is 2. The van der Waals surface area contributed by atoms with Crippen molar-refractivity contribution < 1.29 is 14.3 Å². The fourth-order valence-corrected chi connectivity index (χ4v) is 3.79. The van der Waals surface area contributed by atoms with E-state index in [0.717, 1.165) is 31.7 Å². The van der Waals surface area contributed by atoms with Gasteiger partial charge in [0.1, 0.15) is 11.8 Å². The van der Waals surface area contributed by atoms with Crippen LogP contribution in [-0.2, 0) is 4.79 Å². The number of rotatable bonds is 9. The molecule has 1 aromatic carbocycles. The number of methoxy groups -OCH3 is 1. The topological polar surface area (TPSA) is 112 Å². The van der Waals surface area contributed by atoms with Crippen molar-refractivity contribution in [3.8, 4) is 5.75 Å². The zero-order chi connectivity index (χ0) is 21.3. The number of thioether (sulfide) groups is 1. The molecule has 2 heterocycles. The number of nitrogens with zero attached hydrogens (tertiary/aromatic N) is 3. The van der Waals surface area contributed by atoms with Gasteiger partial charge in [-0.1, -0.05) is 12.1 Å².